The van der Waals surface area contributed by atoms with Gasteiger partial charge in [-0.25, -0.2) is 9.37 Å². The number of hydrogen-bond donors (Lipinski definition) is 1. The predicted molar refractivity (Wildman–Crippen MR) is 75.3 cm³/mol. The monoisotopic (exact) mass is 281 g/mol. The van der Waals surface area contributed by atoms with Crippen molar-refractivity contribution < 1.29 is 9.13 Å². The van der Waals surface area contributed by atoms with E-state index < -0.39 is 0 Å². The molecule has 19 heavy (non-hydrogen) atoms. The molecule has 1 saturated heterocycles. The van der Waals surface area contributed by atoms with Crippen molar-refractivity contribution in [2.24, 2.45) is 0 Å². The Balaban J connectivity index is 1.56. The first-order chi connectivity index (χ1) is 9.31. The summed E-state index contributed by atoms with van der Waals surface area (Å²) in [6.45, 7) is 5.45. The number of thiazole rings is 1. The maximum Gasteiger partial charge on any atom is 0.183 e. The molecule has 2 heterocycles. The number of anilines is 1. The van der Waals surface area contributed by atoms with Crippen LogP contribution in [-0.2, 0) is 4.74 Å². The molecule has 0 spiro atoms. The Morgan fingerprint density at radius 2 is 2.21 bits per heavy atom. The molecule has 1 aromatic heterocycles. The number of rotatable bonds is 4. The molecule has 0 amide bonds. The lowest BCUT2D eigenvalue weighted by Crippen LogP contribution is -2.38. The molecule has 1 aliphatic rings. The molecule has 0 saturated carbocycles. The molecule has 0 aliphatic carbocycles. The average molecular weight is 281 g/mol. The molecular weight excluding hydrogens is 265 g/mol. The molecule has 0 atom stereocenters. The quantitative estimate of drug-likeness (QED) is 0.932. The minimum Gasteiger partial charge on any atom is -0.379 e. The van der Waals surface area contributed by atoms with Gasteiger partial charge in [0.1, 0.15) is 5.82 Å². The van der Waals surface area contributed by atoms with Crippen molar-refractivity contribution in [3.63, 3.8) is 0 Å². The minimum atomic E-state index is -0.238. The third-order valence-electron chi connectivity index (χ3n) is 3.16. The zero-order valence-electron chi connectivity index (χ0n) is 10.6. The number of nitrogens with one attached hydrogen (secondary N) is 1. The fraction of sp³-hybridized carbons (Fsp3) is 0.462. The van der Waals surface area contributed by atoms with Gasteiger partial charge >= 0.3 is 0 Å². The first kappa shape index (κ1) is 12.8. The minimum absolute atomic E-state index is 0.238. The van der Waals surface area contributed by atoms with Crippen molar-refractivity contribution >= 4 is 26.7 Å². The van der Waals surface area contributed by atoms with E-state index in [-0.39, 0.29) is 5.82 Å². The van der Waals surface area contributed by atoms with Gasteiger partial charge in [0.05, 0.1) is 23.4 Å². The molecule has 0 unspecified atom stereocenters. The fourth-order valence-corrected chi connectivity index (χ4v) is 2.99. The maximum absolute atomic E-state index is 13.1. The van der Waals surface area contributed by atoms with Gasteiger partial charge in [-0.05, 0) is 12.1 Å². The summed E-state index contributed by atoms with van der Waals surface area (Å²) < 4.78 is 19.4. The van der Waals surface area contributed by atoms with Crippen molar-refractivity contribution in [3.05, 3.63) is 24.0 Å². The summed E-state index contributed by atoms with van der Waals surface area (Å²) in [6.07, 6.45) is 0. The van der Waals surface area contributed by atoms with Gasteiger partial charge in [0.2, 0.25) is 0 Å². The van der Waals surface area contributed by atoms with Crippen LogP contribution in [0.15, 0.2) is 18.2 Å². The van der Waals surface area contributed by atoms with Gasteiger partial charge in [0.15, 0.2) is 5.13 Å². The standard InChI is InChI=1S/C13H16FN3OS/c14-10-1-2-12-11(9-10)16-13(19-12)15-3-4-17-5-7-18-8-6-17/h1-2,9H,3-8H2,(H,15,16). The zero-order chi connectivity index (χ0) is 13.1. The lowest BCUT2D eigenvalue weighted by atomic mass is 10.3. The van der Waals surface area contributed by atoms with Gasteiger partial charge in [0.25, 0.3) is 0 Å². The highest BCUT2D eigenvalue weighted by Gasteiger charge is 2.10. The van der Waals surface area contributed by atoms with Crippen molar-refractivity contribution in [1.82, 2.24) is 9.88 Å². The van der Waals surface area contributed by atoms with Crippen LogP contribution in [0.2, 0.25) is 0 Å². The highest BCUT2D eigenvalue weighted by Crippen LogP contribution is 2.26. The Labute approximate surface area is 115 Å². The van der Waals surface area contributed by atoms with Crippen molar-refractivity contribution in [3.8, 4) is 0 Å². The summed E-state index contributed by atoms with van der Waals surface area (Å²) in [5, 5.41) is 4.16. The van der Waals surface area contributed by atoms with Gasteiger partial charge in [-0.2, -0.15) is 0 Å². The van der Waals surface area contributed by atoms with E-state index in [0.717, 1.165) is 54.7 Å². The summed E-state index contributed by atoms with van der Waals surface area (Å²) in [5.74, 6) is -0.238. The van der Waals surface area contributed by atoms with Crippen LogP contribution in [0.5, 0.6) is 0 Å². The first-order valence-corrected chi connectivity index (χ1v) is 7.23. The van der Waals surface area contributed by atoms with E-state index >= 15 is 0 Å². The predicted octanol–water partition coefficient (Wildman–Crippen LogP) is 2.18. The van der Waals surface area contributed by atoms with Crippen molar-refractivity contribution in [1.29, 1.82) is 0 Å². The largest absolute Gasteiger partial charge is 0.379 e. The summed E-state index contributed by atoms with van der Waals surface area (Å²) >= 11 is 1.56. The molecule has 1 N–H and O–H groups in total. The number of halogens is 1. The molecule has 4 nitrogen and oxygen atoms in total. The summed E-state index contributed by atoms with van der Waals surface area (Å²) in [5.41, 5.74) is 0.721. The fourth-order valence-electron chi connectivity index (χ4n) is 2.12. The van der Waals surface area contributed by atoms with E-state index in [4.69, 9.17) is 4.74 Å². The Morgan fingerprint density at radius 3 is 3.05 bits per heavy atom. The molecule has 2 aromatic rings. The van der Waals surface area contributed by atoms with E-state index in [2.05, 4.69) is 15.2 Å². The molecular formula is C13H16FN3OS. The molecule has 3 rings (SSSR count). The first-order valence-electron chi connectivity index (χ1n) is 6.41. The third-order valence-corrected chi connectivity index (χ3v) is 4.15. The van der Waals surface area contributed by atoms with Gasteiger partial charge in [0, 0.05) is 32.2 Å². The summed E-state index contributed by atoms with van der Waals surface area (Å²) in [7, 11) is 0. The van der Waals surface area contributed by atoms with Gasteiger partial charge < -0.3 is 10.1 Å². The number of fused-ring (bicyclic) bond motifs is 1. The van der Waals surface area contributed by atoms with Crippen LogP contribution in [0.25, 0.3) is 10.2 Å². The van der Waals surface area contributed by atoms with Crippen LogP contribution in [-0.4, -0.2) is 49.3 Å². The Kier molecular flexibility index (Phi) is 3.91. The van der Waals surface area contributed by atoms with Crippen LogP contribution in [0.3, 0.4) is 0 Å². The highest BCUT2D eigenvalue weighted by atomic mass is 32.1. The zero-order valence-corrected chi connectivity index (χ0v) is 11.4. The van der Waals surface area contributed by atoms with E-state index in [0.29, 0.717) is 0 Å². The Morgan fingerprint density at radius 1 is 1.37 bits per heavy atom. The van der Waals surface area contributed by atoms with Crippen LogP contribution < -0.4 is 5.32 Å². The lowest BCUT2D eigenvalue weighted by Gasteiger charge is -2.26. The normalized spacial score (nSPS) is 16.9. The number of benzene rings is 1. The number of hydrogen-bond acceptors (Lipinski definition) is 5. The molecule has 0 radical (unpaired) electrons. The maximum atomic E-state index is 13.1. The molecule has 1 fully saturated rings. The number of nitrogens with zero attached hydrogens (tertiary/aromatic N) is 2. The lowest BCUT2D eigenvalue weighted by molar-refractivity contribution is 0.0398. The van der Waals surface area contributed by atoms with E-state index in [1.807, 2.05) is 0 Å². The van der Waals surface area contributed by atoms with Crippen LogP contribution in [0.1, 0.15) is 0 Å². The number of ether oxygens (including phenoxy) is 1. The highest BCUT2D eigenvalue weighted by molar-refractivity contribution is 7.22. The molecule has 6 heteroatoms. The van der Waals surface area contributed by atoms with Crippen LogP contribution in [0.4, 0.5) is 9.52 Å². The van der Waals surface area contributed by atoms with E-state index in [9.17, 15) is 4.39 Å². The summed E-state index contributed by atoms with van der Waals surface area (Å²) in [6, 6.07) is 4.71. The van der Waals surface area contributed by atoms with Gasteiger partial charge in [-0.15, -0.1) is 0 Å². The van der Waals surface area contributed by atoms with Gasteiger partial charge in [-0.1, -0.05) is 11.3 Å². The molecule has 1 aliphatic heterocycles. The number of aromatic nitrogens is 1. The topological polar surface area (TPSA) is 37.4 Å². The smallest absolute Gasteiger partial charge is 0.183 e. The van der Waals surface area contributed by atoms with E-state index in [1.54, 1.807) is 17.4 Å². The Hall–Kier alpha value is -1.24. The van der Waals surface area contributed by atoms with E-state index in [1.165, 1.54) is 12.1 Å². The molecule has 0 bridgehead atoms. The molecule has 1 aromatic carbocycles. The molecule has 102 valence electrons. The average Bonchev–Trinajstić information content (AvgIpc) is 2.82. The number of morpholine rings is 1. The summed E-state index contributed by atoms with van der Waals surface area (Å²) in [4.78, 5) is 6.74. The second-order valence-corrected chi connectivity index (χ2v) is 5.54. The van der Waals surface area contributed by atoms with Crippen molar-refractivity contribution in [2.45, 2.75) is 0 Å². The second-order valence-electron chi connectivity index (χ2n) is 4.51. The van der Waals surface area contributed by atoms with Crippen molar-refractivity contribution in [2.75, 3.05) is 44.7 Å². The van der Waals surface area contributed by atoms with Gasteiger partial charge in [-0.3, -0.25) is 4.90 Å². The third kappa shape index (κ3) is 3.20. The Bertz CT molecular complexity index is 554. The van der Waals surface area contributed by atoms with Crippen LogP contribution in [0, 0.1) is 5.82 Å². The SMILES string of the molecule is Fc1ccc2sc(NCCN3CCOCC3)nc2c1. The van der Waals surface area contributed by atoms with Crippen LogP contribution >= 0.6 is 11.3 Å². The second kappa shape index (κ2) is 5.81.